The Hall–Kier alpha value is -1.22. The minimum absolute atomic E-state index is 0.0413. The largest absolute Gasteiger partial charge is 0.394 e. The quantitative estimate of drug-likeness (QED) is 0.0246. The van der Waals surface area contributed by atoms with Crippen LogP contribution in [0, 0.1) is 32.1 Å². The van der Waals surface area contributed by atoms with Crippen LogP contribution in [0.1, 0.15) is 62.1 Å². The van der Waals surface area contributed by atoms with Gasteiger partial charge in [-0.1, -0.05) is 0 Å². The minimum atomic E-state index is -2.32. The van der Waals surface area contributed by atoms with E-state index in [2.05, 4.69) is 26.6 Å². The zero-order valence-corrected chi connectivity index (χ0v) is 70.4. The van der Waals surface area contributed by atoms with Gasteiger partial charge in [-0.25, -0.2) is 0 Å². The maximum absolute atomic E-state index is 15.6. The summed E-state index contributed by atoms with van der Waals surface area (Å²) >= 11 is 14.7. The molecule has 0 fully saturated rings. The van der Waals surface area contributed by atoms with E-state index in [1.165, 1.54) is 21.1 Å². The topological polar surface area (TPSA) is 571 Å². The first-order valence-electron chi connectivity index (χ1n) is 28.0. The zero-order valence-electron chi connectivity index (χ0n) is 51.0. The summed E-state index contributed by atoms with van der Waals surface area (Å²) in [6.45, 7) is -10.5. The summed E-state index contributed by atoms with van der Waals surface area (Å²) in [5.74, 6) is -10.0. The van der Waals surface area contributed by atoms with Crippen LogP contribution >= 0.6 is 203 Å². The van der Waals surface area contributed by atoms with Gasteiger partial charge in [-0.15, -0.1) is 0 Å². The number of carbonyl (C=O) groups excluding carboxylic acids is 9. The van der Waals surface area contributed by atoms with Crippen LogP contribution in [0.15, 0.2) is 0 Å². The molecule has 0 spiro atoms. The Morgan fingerprint density at radius 3 is 0.776 bits per heavy atom. The molecule has 3 rings (SSSR count). The molecule has 3 aromatic carbocycles. The standard InChI is InChI=1S/C54H68I9N9O26/c1-69(6-19(81)11-73)51(95)27-31(55)25(34(58)40(36(27)60)66-48(92)43(87)22(84)14-76)46(90)64-4-17(79)9-72(54(98)30-33(57)29(53(97)71(3)8-21(83)13-75)38(62)42(39(30)63)68-50(94)45(89)24(86)16-78)10-18(80)5-65-47(91)26-32(56)28(52(96)70(2)7-20(82)12-74)37(61)41(35(26)59)67-49(93)44(88)23(85)15-77/h17-24,43-45,73-89H,4-16H2,1-3H3,(H,64,90)(H,65,91)(H,66,92)(H,67,93)(H,68,94). The van der Waals surface area contributed by atoms with Crippen LogP contribution in [0.3, 0.4) is 0 Å². The summed E-state index contributed by atoms with van der Waals surface area (Å²) in [6, 6.07) is 0. The summed E-state index contributed by atoms with van der Waals surface area (Å²) in [6.07, 6.45) is -21.1. The molecule has 0 aromatic heterocycles. The van der Waals surface area contributed by atoms with Crippen LogP contribution in [0.2, 0.25) is 0 Å². The SMILES string of the molecule is CN(CC(O)CO)C(=O)c1c(I)c(NC(=O)C(O)C(O)CO)c(I)c(C(=O)NCC(O)CN(CC(O)CNC(=O)c2c(I)c(NC(=O)C(O)C(O)CO)c(I)c(C(=O)N(C)CC(O)CO)c2I)C(=O)c2c(I)c(NC(=O)C(O)C(O)CO)c(I)c(C(=O)N(C)CC(O)CO)c2I)c1I. The minimum Gasteiger partial charge on any atom is -0.394 e. The van der Waals surface area contributed by atoms with Crippen molar-refractivity contribution in [3.63, 3.8) is 0 Å². The summed E-state index contributed by atoms with van der Waals surface area (Å²) < 4.78 is -1.000. The van der Waals surface area contributed by atoms with Crippen molar-refractivity contribution in [2.24, 2.45) is 0 Å². The number of hydrogen-bond acceptors (Lipinski definition) is 26. The number of likely N-dealkylation sites (N-methyl/N-ethyl adjacent to an activating group) is 3. The zero-order chi connectivity index (χ0) is 75.0. The molecule has 44 heteroatoms. The van der Waals surface area contributed by atoms with Crippen LogP contribution in [0.5, 0.6) is 0 Å². The molecular formula is C54H68I9N9O26. The number of carbonyl (C=O) groups is 9. The first-order valence-corrected chi connectivity index (χ1v) is 37.7. The number of anilines is 3. The van der Waals surface area contributed by atoms with E-state index in [1.807, 2.05) is 0 Å². The van der Waals surface area contributed by atoms with Crippen LogP contribution < -0.4 is 26.6 Å². The van der Waals surface area contributed by atoms with Gasteiger partial charge in [0.1, 0.15) is 18.3 Å². The lowest BCUT2D eigenvalue weighted by Crippen LogP contribution is -2.48. The van der Waals surface area contributed by atoms with Gasteiger partial charge < -0.3 is 133 Å². The Balaban J connectivity index is 2.37. The predicted molar refractivity (Wildman–Crippen MR) is 420 cm³/mol. The smallest absolute Gasteiger partial charge is 0.256 e. The lowest BCUT2D eigenvalue weighted by molar-refractivity contribution is -0.131. The molecule has 0 radical (unpaired) electrons. The number of nitrogens with one attached hydrogen (secondary N) is 5. The summed E-state index contributed by atoms with van der Waals surface area (Å²) in [5, 5.41) is 186. The molecule has 0 saturated heterocycles. The van der Waals surface area contributed by atoms with Crippen molar-refractivity contribution in [2.45, 2.75) is 67.1 Å². The number of aliphatic hydroxyl groups excluding tert-OH is 17. The maximum atomic E-state index is 15.6. The van der Waals surface area contributed by atoms with Gasteiger partial charge in [0.15, 0.2) is 18.3 Å². The van der Waals surface area contributed by atoms with Crippen molar-refractivity contribution in [1.29, 1.82) is 0 Å². The number of nitrogens with zero attached hydrogens (tertiary/aromatic N) is 4. The van der Waals surface area contributed by atoms with Gasteiger partial charge in [-0.3, -0.25) is 43.2 Å². The van der Waals surface area contributed by atoms with E-state index in [-0.39, 0.29) is 77.0 Å². The van der Waals surface area contributed by atoms with E-state index in [4.69, 9.17) is 0 Å². The van der Waals surface area contributed by atoms with Crippen molar-refractivity contribution in [3.05, 3.63) is 65.5 Å². The monoisotopic (exact) mass is 2400 g/mol. The first-order chi connectivity index (χ1) is 45.7. The van der Waals surface area contributed by atoms with E-state index in [0.717, 1.165) is 19.6 Å². The van der Waals surface area contributed by atoms with Crippen molar-refractivity contribution >= 4 is 274 Å². The normalized spacial score (nSPS) is 14.8. The van der Waals surface area contributed by atoms with Gasteiger partial charge >= 0.3 is 0 Å². The Morgan fingerprint density at radius 1 is 0.316 bits per heavy atom. The second-order valence-electron chi connectivity index (χ2n) is 21.3. The third kappa shape index (κ3) is 23.4. The second-order valence-corrected chi connectivity index (χ2v) is 31.0. The lowest BCUT2D eigenvalue weighted by Gasteiger charge is -2.30. The van der Waals surface area contributed by atoms with Gasteiger partial charge in [0, 0.05) is 77.7 Å². The molecule has 0 aliphatic rings. The van der Waals surface area contributed by atoms with E-state index >= 15 is 4.79 Å². The molecule has 0 heterocycles. The van der Waals surface area contributed by atoms with Gasteiger partial charge in [-0.05, 0) is 203 Å². The van der Waals surface area contributed by atoms with Crippen LogP contribution in [0.4, 0.5) is 17.1 Å². The predicted octanol–water partition coefficient (Wildman–Crippen LogP) is -4.61. The Labute approximate surface area is 680 Å². The molecule has 0 bridgehead atoms. The Bertz CT molecular complexity index is 3290. The third-order valence-electron chi connectivity index (χ3n) is 13.7. The number of rotatable bonds is 35. The lowest BCUT2D eigenvalue weighted by atomic mass is 10.0. The summed E-state index contributed by atoms with van der Waals surface area (Å²) in [5.41, 5.74) is -3.02. The van der Waals surface area contributed by atoms with Crippen LogP contribution in [-0.4, -0.2) is 333 Å². The number of hydrogen-bond donors (Lipinski definition) is 22. The fourth-order valence-electron chi connectivity index (χ4n) is 8.46. The molecule has 35 nitrogen and oxygen atoms in total. The molecule has 11 unspecified atom stereocenters. The van der Waals surface area contributed by atoms with E-state index < -0.39 is 211 Å². The average Bonchev–Trinajstić information content (AvgIpc) is 0.776. The average molecular weight is 2400 g/mol. The molecule has 98 heavy (non-hydrogen) atoms. The summed E-state index contributed by atoms with van der Waals surface area (Å²) in [7, 11) is 3.70. The Kier molecular flexibility index (Phi) is 39.2. The van der Waals surface area contributed by atoms with Gasteiger partial charge in [0.2, 0.25) is 0 Å². The van der Waals surface area contributed by atoms with Crippen molar-refractivity contribution < 1.29 is 130 Å². The number of halogens is 9. The van der Waals surface area contributed by atoms with E-state index in [1.54, 1.807) is 203 Å². The molecule has 0 saturated carbocycles. The van der Waals surface area contributed by atoms with Gasteiger partial charge in [-0.2, -0.15) is 0 Å². The first kappa shape index (κ1) is 91.0. The van der Waals surface area contributed by atoms with Crippen molar-refractivity contribution in [1.82, 2.24) is 30.2 Å². The molecule has 3 aromatic rings. The molecule has 11 atom stereocenters. The van der Waals surface area contributed by atoms with Crippen LogP contribution in [-0.2, 0) is 14.4 Å². The third-order valence-corrected chi connectivity index (χ3v) is 23.4. The maximum Gasteiger partial charge on any atom is 0.256 e. The van der Waals surface area contributed by atoms with E-state index in [9.17, 15) is 125 Å². The van der Waals surface area contributed by atoms with Gasteiger partial charge in [0.05, 0.1) is 142 Å². The van der Waals surface area contributed by atoms with Gasteiger partial charge in [0.25, 0.3) is 53.2 Å². The second kappa shape index (κ2) is 42.2. The highest BCUT2D eigenvalue weighted by molar-refractivity contribution is 14.1. The number of benzene rings is 3. The van der Waals surface area contributed by atoms with Crippen molar-refractivity contribution in [2.75, 3.05) is 123 Å². The van der Waals surface area contributed by atoms with Crippen LogP contribution in [0.25, 0.3) is 0 Å². The molecule has 22 N–H and O–H groups in total. The molecular weight excluding hydrogens is 2330 g/mol. The highest BCUT2D eigenvalue weighted by Crippen LogP contribution is 2.40. The number of aliphatic hydroxyl groups is 17. The molecule has 0 aliphatic carbocycles. The highest BCUT2D eigenvalue weighted by atomic mass is 127. The molecule has 9 amide bonds. The molecule has 0 aliphatic heterocycles. The summed E-state index contributed by atoms with van der Waals surface area (Å²) in [4.78, 5) is 131. The molecule has 548 valence electrons. The van der Waals surface area contributed by atoms with Crippen molar-refractivity contribution in [3.8, 4) is 0 Å². The number of amides is 9. The van der Waals surface area contributed by atoms with E-state index in [0.29, 0.717) is 0 Å². The fraction of sp³-hybridized carbons (Fsp3) is 0.500. The Morgan fingerprint density at radius 2 is 0.541 bits per heavy atom. The fourth-order valence-corrected chi connectivity index (χ4v) is 21.6. The highest BCUT2D eigenvalue weighted by Gasteiger charge is 2.38.